The van der Waals surface area contributed by atoms with Gasteiger partial charge in [0.2, 0.25) is 0 Å². The lowest BCUT2D eigenvalue weighted by atomic mass is 10.0. The monoisotopic (exact) mass is 241 g/mol. The smallest absolute Gasteiger partial charge is 0.257 e. The van der Waals surface area contributed by atoms with Crippen molar-refractivity contribution in [3.05, 3.63) is 11.1 Å². The van der Waals surface area contributed by atoms with Gasteiger partial charge in [-0.2, -0.15) is 0 Å². The summed E-state index contributed by atoms with van der Waals surface area (Å²) >= 11 is 0. The molecular weight excluding hydrogens is 222 g/mol. The Bertz CT molecular complexity index is 356. The summed E-state index contributed by atoms with van der Waals surface area (Å²) in [5, 5.41) is 0. The van der Waals surface area contributed by atoms with Gasteiger partial charge in [0.1, 0.15) is 0 Å². The van der Waals surface area contributed by atoms with Gasteiger partial charge in [0.25, 0.3) is 11.8 Å². The van der Waals surface area contributed by atoms with Crippen molar-refractivity contribution in [2.75, 3.05) is 14.2 Å². The van der Waals surface area contributed by atoms with Gasteiger partial charge in [-0.3, -0.25) is 14.5 Å². The summed E-state index contributed by atoms with van der Waals surface area (Å²) in [5.41, 5.74) is 0.111. The molecule has 0 radical (unpaired) electrons. The maximum atomic E-state index is 12.0. The van der Waals surface area contributed by atoms with Crippen molar-refractivity contribution < 1.29 is 19.1 Å². The molecule has 0 saturated carbocycles. The number of ether oxygens (including phenoxy) is 2. The first-order chi connectivity index (χ1) is 7.78. The topological polar surface area (TPSA) is 55.8 Å². The predicted molar refractivity (Wildman–Crippen MR) is 62.1 cm³/mol. The molecule has 96 valence electrons. The molecule has 0 fully saturated rings. The summed E-state index contributed by atoms with van der Waals surface area (Å²) in [5.74, 6) is -0.562. The molecular formula is C12H19NO4. The number of carbonyl (C=O) groups excluding carboxylic acids is 2. The fourth-order valence-electron chi connectivity index (χ4n) is 2.05. The molecule has 5 heteroatoms. The molecule has 5 nitrogen and oxygen atoms in total. The van der Waals surface area contributed by atoms with E-state index in [0.29, 0.717) is 11.1 Å². The van der Waals surface area contributed by atoms with E-state index < -0.39 is 11.8 Å². The van der Waals surface area contributed by atoms with Gasteiger partial charge >= 0.3 is 0 Å². The van der Waals surface area contributed by atoms with Crippen molar-refractivity contribution in [3.63, 3.8) is 0 Å². The maximum absolute atomic E-state index is 12.0. The zero-order chi connectivity index (χ0) is 13.4. The number of methoxy groups -OCH3 is 2. The van der Waals surface area contributed by atoms with Crippen molar-refractivity contribution in [3.8, 4) is 0 Å². The van der Waals surface area contributed by atoms with E-state index in [-0.39, 0.29) is 11.8 Å². The first kappa shape index (κ1) is 13.9. The Morgan fingerprint density at radius 1 is 1.00 bits per heavy atom. The van der Waals surface area contributed by atoms with Gasteiger partial charge in [-0.1, -0.05) is 0 Å². The number of hydrogen-bond acceptors (Lipinski definition) is 4. The molecule has 0 aromatic rings. The molecule has 0 spiro atoms. The van der Waals surface area contributed by atoms with E-state index in [9.17, 15) is 9.59 Å². The maximum Gasteiger partial charge on any atom is 0.257 e. The van der Waals surface area contributed by atoms with Crippen LogP contribution in [0.5, 0.6) is 0 Å². The highest BCUT2D eigenvalue weighted by Crippen LogP contribution is 2.30. The lowest BCUT2D eigenvalue weighted by Gasteiger charge is -2.38. The minimum absolute atomic E-state index is 0.281. The molecule has 0 aromatic heterocycles. The molecule has 0 atom stereocenters. The van der Waals surface area contributed by atoms with E-state index in [1.54, 1.807) is 27.7 Å². The van der Waals surface area contributed by atoms with Crippen LogP contribution in [0.2, 0.25) is 0 Å². The van der Waals surface area contributed by atoms with Crippen molar-refractivity contribution in [1.29, 1.82) is 0 Å². The van der Waals surface area contributed by atoms with Crippen LogP contribution < -0.4 is 0 Å². The Morgan fingerprint density at radius 3 is 1.65 bits per heavy atom. The average Bonchev–Trinajstić information content (AvgIpc) is 2.45. The lowest BCUT2D eigenvalue weighted by molar-refractivity contribution is -0.186. The second kappa shape index (κ2) is 4.58. The van der Waals surface area contributed by atoms with Gasteiger partial charge in [0.05, 0.1) is 5.54 Å². The quantitative estimate of drug-likeness (QED) is 0.546. The number of amides is 2. The van der Waals surface area contributed by atoms with Crippen molar-refractivity contribution >= 4 is 11.8 Å². The van der Waals surface area contributed by atoms with Crippen molar-refractivity contribution in [2.45, 2.75) is 39.5 Å². The second-order valence-electron chi connectivity index (χ2n) is 4.65. The van der Waals surface area contributed by atoms with E-state index in [4.69, 9.17) is 9.47 Å². The van der Waals surface area contributed by atoms with Crippen molar-refractivity contribution in [2.24, 2.45) is 0 Å². The Morgan fingerprint density at radius 2 is 1.35 bits per heavy atom. The molecule has 0 N–H and O–H groups in total. The number of imide groups is 1. The van der Waals surface area contributed by atoms with Gasteiger partial charge < -0.3 is 9.47 Å². The van der Waals surface area contributed by atoms with Crippen LogP contribution in [0.4, 0.5) is 0 Å². The lowest BCUT2D eigenvalue weighted by Crippen LogP contribution is -2.56. The molecule has 0 unspecified atom stereocenters. The summed E-state index contributed by atoms with van der Waals surface area (Å²) in [7, 11) is 2.96. The Hall–Kier alpha value is -1.20. The Balaban J connectivity index is 3.11. The third-order valence-corrected chi connectivity index (χ3v) is 3.19. The SMILES string of the molecule is COC(OC)C(C)(C)N1C(=O)C(C)=C(C)C1=O. The molecule has 1 aliphatic rings. The van der Waals surface area contributed by atoms with Gasteiger partial charge in [-0.05, 0) is 27.7 Å². The number of carbonyl (C=O) groups is 2. The Kier molecular flexibility index (Phi) is 3.74. The standard InChI is InChI=1S/C12H19NO4/c1-7-8(2)10(15)13(9(7)14)12(3,4)11(16-5)17-6/h11H,1-6H3. The minimum atomic E-state index is -0.851. The normalized spacial score (nSPS) is 17.7. The average molecular weight is 241 g/mol. The molecule has 1 rings (SSSR count). The van der Waals surface area contributed by atoms with Crippen LogP contribution in [0.15, 0.2) is 11.1 Å². The van der Waals surface area contributed by atoms with Gasteiger partial charge in [0.15, 0.2) is 6.29 Å². The number of rotatable bonds is 4. The van der Waals surface area contributed by atoms with Crippen LogP contribution in [0.1, 0.15) is 27.7 Å². The zero-order valence-electron chi connectivity index (χ0n) is 11.2. The highest BCUT2D eigenvalue weighted by Gasteiger charge is 2.47. The van der Waals surface area contributed by atoms with E-state index in [0.717, 1.165) is 0 Å². The summed E-state index contributed by atoms with van der Waals surface area (Å²) in [4.78, 5) is 25.3. The van der Waals surface area contributed by atoms with Gasteiger partial charge in [-0.25, -0.2) is 0 Å². The summed E-state index contributed by atoms with van der Waals surface area (Å²) < 4.78 is 10.3. The largest absolute Gasteiger partial charge is 0.354 e. The highest BCUT2D eigenvalue weighted by molar-refractivity contribution is 6.19. The summed E-state index contributed by atoms with van der Waals surface area (Å²) in [6.07, 6.45) is -0.658. The molecule has 2 amide bonds. The molecule has 0 saturated heterocycles. The van der Waals surface area contributed by atoms with Crippen LogP contribution >= 0.6 is 0 Å². The van der Waals surface area contributed by atoms with E-state index in [1.807, 2.05) is 0 Å². The first-order valence-corrected chi connectivity index (χ1v) is 5.41. The number of nitrogens with zero attached hydrogens (tertiary/aromatic N) is 1. The van der Waals surface area contributed by atoms with E-state index in [1.165, 1.54) is 19.1 Å². The number of hydrogen-bond donors (Lipinski definition) is 0. The molecule has 0 bridgehead atoms. The van der Waals surface area contributed by atoms with Crippen LogP contribution in [-0.4, -0.2) is 42.8 Å². The fraction of sp³-hybridized carbons (Fsp3) is 0.667. The third kappa shape index (κ3) is 2.00. The fourth-order valence-corrected chi connectivity index (χ4v) is 2.05. The molecule has 1 aliphatic heterocycles. The van der Waals surface area contributed by atoms with Crippen LogP contribution in [0.25, 0.3) is 0 Å². The van der Waals surface area contributed by atoms with Gasteiger partial charge in [-0.15, -0.1) is 0 Å². The zero-order valence-corrected chi connectivity index (χ0v) is 11.2. The summed E-state index contributed by atoms with van der Waals surface area (Å²) in [6.45, 7) is 6.79. The second-order valence-corrected chi connectivity index (χ2v) is 4.65. The van der Waals surface area contributed by atoms with Gasteiger partial charge in [0, 0.05) is 25.4 Å². The summed E-state index contributed by atoms with van der Waals surface area (Å²) in [6, 6.07) is 0. The minimum Gasteiger partial charge on any atom is -0.354 e. The van der Waals surface area contributed by atoms with Crippen LogP contribution in [-0.2, 0) is 19.1 Å². The predicted octanol–water partition coefficient (Wildman–Crippen LogP) is 1.09. The highest BCUT2D eigenvalue weighted by atomic mass is 16.7. The molecule has 0 aromatic carbocycles. The van der Waals surface area contributed by atoms with Crippen LogP contribution in [0, 0.1) is 0 Å². The molecule has 1 heterocycles. The third-order valence-electron chi connectivity index (χ3n) is 3.19. The first-order valence-electron chi connectivity index (χ1n) is 5.41. The Labute approximate surface area is 101 Å². The van der Waals surface area contributed by atoms with E-state index >= 15 is 0 Å². The van der Waals surface area contributed by atoms with Crippen LogP contribution in [0.3, 0.4) is 0 Å². The van der Waals surface area contributed by atoms with E-state index in [2.05, 4.69) is 0 Å². The molecule has 0 aliphatic carbocycles. The molecule has 17 heavy (non-hydrogen) atoms. The van der Waals surface area contributed by atoms with Crippen molar-refractivity contribution in [1.82, 2.24) is 4.90 Å².